The van der Waals surface area contributed by atoms with Gasteiger partial charge in [-0.2, -0.15) is 10.2 Å². The predicted molar refractivity (Wildman–Crippen MR) is 88.4 cm³/mol. The zero-order valence-corrected chi connectivity index (χ0v) is 14.2. The van der Waals surface area contributed by atoms with Crippen LogP contribution in [-0.4, -0.2) is 50.0 Å². The Kier molecular flexibility index (Phi) is 4.21. The molecule has 2 aromatic heterocycles. The molecule has 0 bridgehead atoms. The molecule has 0 spiro atoms. The molecule has 1 atom stereocenters. The van der Waals surface area contributed by atoms with Crippen LogP contribution in [-0.2, 0) is 11.8 Å². The van der Waals surface area contributed by atoms with Crippen LogP contribution in [0.5, 0.6) is 0 Å². The van der Waals surface area contributed by atoms with Gasteiger partial charge in [0.2, 0.25) is 5.91 Å². The van der Waals surface area contributed by atoms with E-state index in [4.69, 9.17) is 0 Å². The smallest absolute Gasteiger partial charge is 0.238 e. The monoisotopic (exact) mass is 316 g/mol. The molecule has 3 heterocycles. The third kappa shape index (κ3) is 3.44. The van der Waals surface area contributed by atoms with Crippen LogP contribution in [0.4, 0.5) is 5.69 Å². The minimum Gasteiger partial charge on any atom is -0.322 e. The Morgan fingerprint density at radius 2 is 2.13 bits per heavy atom. The van der Waals surface area contributed by atoms with Crippen molar-refractivity contribution in [3.05, 3.63) is 29.3 Å². The van der Waals surface area contributed by atoms with Crippen LogP contribution in [0.15, 0.2) is 12.3 Å². The topological polar surface area (TPSA) is 68.0 Å². The number of nitrogens with one attached hydrogen (secondary N) is 1. The van der Waals surface area contributed by atoms with Crippen LogP contribution >= 0.6 is 0 Å². The van der Waals surface area contributed by atoms with Crippen molar-refractivity contribution in [2.45, 2.75) is 33.2 Å². The van der Waals surface area contributed by atoms with Crippen molar-refractivity contribution < 1.29 is 4.79 Å². The number of carbonyl (C=O) groups is 1. The lowest BCUT2D eigenvalue weighted by Gasteiger charge is -2.16. The lowest BCUT2D eigenvalue weighted by molar-refractivity contribution is -0.117. The van der Waals surface area contributed by atoms with Crippen LogP contribution in [0, 0.1) is 20.8 Å². The molecule has 124 valence electrons. The molecule has 1 fully saturated rings. The van der Waals surface area contributed by atoms with Gasteiger partial charge in [0.25, 0.3) is 0 Å². The van der Waals surface area contributed by atoms with Crippen molar-refractivity contribution in [2.75, 3.05) is 25.0 Å². The zero-order valence-electron chi connectivity index (χ0n) is 14.2. The van der Waals surface area contributed by atoms with Gasteiger partial charge in [0.1, 0.15) is 0 Å². The van der Waals surface area contributed by atoms with Crippen LogP contribution in [0.25, 0.3) is 0 Å². The highest BCUT2D eigenvalue weighted by Gasteiger charge is 2.27. The van der Waals surface area contributed by atoms with Gasteiger partial charge in [-0.15, -0.1) is 0 Å². The molecule has 0 unspecified atom stereocenters. The van der Waals surface area contributed by atoms with Gasteiger partial charge in [-0.25, -0.2) is 0 Å². The van der Waals surface area contributed by atoms with Crippen molar-refractivity contribution in [3.63, 3.8) is 0 Å². The van der Waals surface area contributed by atoms with Gasteiger partial charge in [-0.05, 0) is 33.3 Å². The van der Waals surface area contributed by atoms with Crippen molar-refractivity contribution in [2.24, 2.45) is 7.05 Å². The van der Waals surface area contributed by atoms with E-state index in [9.17, 15) is 4.79 Å². The largest absolute Gasteiger partial charge is 0.322 e. The second-order valence-corrected chi connectivity index (χ2v) is 6.40. The number of anilines is 1. The molecular weight excluding hydrogens is 292 g/mol. The summed E-state index contributed by atoms with van der Waals surface area (Å²) in [5.74, 6) is 0.00937. The molecular formula is C16H24N6O. The summed E-state index contributed by atoms with van der Waals surface area (Å²) in [6.07, 6.45) is 2.86. The summed E-state index contributed by atoms with van der Waals surface area (Å²) in [6, 6.07) is 2.46. The average molecular weight is 316 g/mol. The summed E-state index contributed by atoms with van der Waals surface area (Å²) >= 11 is 0. The standard InChI is InChI=1S/C16H24N6O/c1-11-7-12(2)22(18-11)14-5-6-21(8-14)10-16(23)17-15-9-20(4)19-13(15)3/h7,9,14H,5-6,8,10H2,1-4H3,(H,17,23)/t14-/m0/s1. The summed E-state index contributed by atoms with van der Waals surface area (Å²) in [6.45, 7) is 8.18. The molecule has 1 N–H and O–H groups in total. The van der Waals surface area contributed by atoms with Gasteiger partial charge in [0, 0.05) is 32.0 Å². The molecule has 0 aliphatic carbocycles. The van der Waals surface area contributed by atoms with E-state index in [0.717, 1.165) is 36.6 Å². The Morgan fingerprint density at radius 1 is 1.35 bits per heavy atom. The van der Waals surface area contributed by atoms with Crippen LogP contribution < -0.4 is 5.32 Å². The van der Waals surface area contributed by atoms with Crippen LogP contribution in [0.3, 0.4) is 0 Å². The van der Waals surface area contributed by atoms with Gasteiger partial charge >= 0.3 is 0 Å². The molecule has 0 aromatic carbocycles. The third-order valence-electron chi connectivity index (χ3n) is 4.29. The number of hydrogen-bond donors (Lipinski definition) is 1. The number of hydrogen-bond acceptors (Lipinski definition) is 4. The van der Waals surface area contributed by atoms with Crippen molar-refractivity contribution in [1.29, 1.82) is 0 Å². The molecule has 0 radical (unpaired) electrons. The zero-order chi connectivity index (χ0) is 16.6. The molecule has 3 rings (SSSR count). The molecule has 7 heteroatoms. The molecule has 23 heavy (non-hydrogen) atoms. The van der Waals surface area contributed by atoms with E-state index in [-0.39, 0.29) is 5.91 Å². The first-order valence-corrected chi connectivity index (χ1v) is 7.97. The molecule has 2 aromatic rings. The highest BCUT2D eigenvalue weighted by atomic mass is 16.2. The van der Waals surface area contributed by atoms with E-state index in [1.54, 1.807) is 4.68 Å². The predicted octanol–water partition coefficient (Wildman–Crippen LogP) is 1.43. The number of carbonyl (C=O) groups excluding carboxylic acids is 1. The number of likely N-dealkylation sites (tertiary alicyclic amines) is 1. The third-order valence-corrected chi connectivity index (χ3v) is 4.29. The van der Waals surface area contributed by atoms with Gasteiger partial charge in [0.05, 0.1) is 29.7 Å². The summed E-state index contributed by atoms with van der Waals surface area (Å²) < 4.78 is 3.80. The highest BCUT2D eigenvalue weighted by molar-refractivity contribution is 5.92. The minimum absolute atomic E-state index is 0.00937. The number of aryl methyl sites for hydroxylation is 4. The van der Waals surface area contributed by atoms with E-state index in [2.05, 4.69) is 38.1 Å². The first-order valence-electron chi connectivity index (χ1n) is 7.97. The van der Waals surface area contributed by atoms with E-state index in [1.807, 2.05) is 27.1 Å². The number of rotatable bonds is 4. The lowest BCUT2D eigenvalue weighted by Crippen LogP contribution is -2.32. The van der Waals surface area contributed by atoms with E-state index in [0.29, 0.717) is 12.6 Å². The molecule has 1 aliphatic rings. The maximum atomic E-state index is 12.2. The first kappa shape index (κ1) is 15.7. The number of amides is 1. The molecule has 0 saturated carbocycles. The van der Waals surface area contributed by atoms with E-state index < -0.39 is 0 Å². The number of aromatic nitrogens is 4. The van der Waals surface area contributed by atoms with E-state index in [1.165, 1.54) is 5.69 Å². The van der Waals surface area contributed by atoms with Gasteiger partial charge in [-0.3, -0.25) is 19.1 Å². The fourth-order valence-corrected chi connectivity index (χ4v) is 3.29. The number of nitrogens with zero attached hydrogens (tertiary/aromatic N) is 5. The Morgan fingerprint density at radius 3 is 2.74 bits per heavy atom. The molecule has 1 saturated heterocycles. The minimum atomic E-state index is 0.00937. The fraction of sp³-hybridized carbons (Fsp3) is 0.562. The quantitative estimate of drug-likeness (QED) is 0.926. The van der Waals surface area contributed by atoms with Gasteiger partial charge in [-0.1, -0.05) is 0 Å². The second kappa shape index (κ2) is 6.16. The Balaban J connectivity index is 1.56. The fourth-order valence-electron chi connectivity index (χ4n) is 3.29. The molecule has 1 aliphatic heterocycles. The SMILES string of the molecule is Cc1cc(C)n([C@H]2CCN(CC(=O)Nc3cn(C)nc3C)C2)n1. The first-order chi connectivity index (χ1) is 10.9. The van der Waals surface area contributed by atoms with Gasteiger partial charge in [0.15, 0.2) is 0 Å². The second-order valence-electron chi connectivity index (χ2n) is 6.40. The highest BCUT2D eigenvalue weighted by Crippen LogP contribution is 2.23. The summed E-state index contributed by atoms with van der Waals surface area (Å²) in [5.41, 5.74) is 3.85. The van der Waals surface area contributed by atoms with Gasteiger partial charge < -0.3 is 5.32 Å². The van der Waals surface area contributed by atoms with Crippen molar-refractivity contribution in [3.8, 4) is 0 Å². The summed E-state index contributed by atoms with van der Waals surface area (Å²) in [7, 11) is 1.85. The summed E-state index contributed by atoms with van der Waals surface area (Å²) in [4.78, 5) is 14.4. The van der Waals surface area contributed by atoms with E-state index >= 15 is 0 Å². The van der Waals surface area contributed by atoms with Crippen LogP contribution in [0.2, 0.25) is 0 Å². The average Bonchev–Trinajstić information content (AvgIpc) is 3.11. The Hall–Kier alpha value is -2.15. The Labute approximate surface area is 136 Å². The molecule has 1 amide bonds. The lowest BCUT2D eigenvalue weighted by atomic mass is 10.2. The summed E-state index contributed by atoms with van der Waals surface area (Å²) in [5, 5.41) is 11.7. The van der Waals surface area contributed by atoms with Crippen molar-refractivity contribution >= 4 is 11.6 Å². The Bertz CT molecular complexity index is 716. The maximum Gasteiger partial charge on any atom is 0.238 e. The van der Waals surface area contributed by atoms with Crippen LogP contribution in [0.1, 0.15) is 29.5 Å². The maximum absolute atomic E-state index is 12.2. The van der Waals surface area contributed by atoms with Crippen molar-refractivity contribution in [1.82, 2.24) is 24.5 Å². The normalized spacial score (nSPS) is 18.5. The molecule has 7 nitrogen and oxygen atoms in total.